The van der Waals surface area contributed by atoms with Gasteiger partial charge in [0.25, 0.3) is 0 Å². The van der Waals surface area contributed by atoms with Gasteiger partial charge in [-0.1, -0.05) is 6.07 Å². The number of halogens is 4. The van der Waals surface area contributed by atoms with Crippen molar-refractivity contribution < 1.29 is 17.6 Å². The number of hydrogen-bond acceptors (Lipinski definition) is 4. The molecule has 0 fully saturated rings. The van der Waals surface area contributed by atoms with Crippen molar-refractivity contribution in [3.8, 4) is 22.6 Å². The molecule has 3 heterocycles. The van der Waals surface area contributed by atoms with E-state index in [2.05, 4.69) is 20.2 Å². The molecule has 1 aromatic carbocycles. The molecule has 0 spiro atoms. The van der Waals surface area contributed by atoms with Crippen LogP contribution in [0.15, 0.2) is 49.1 Å². The first kappa shape index (κ1) is 18.5. The summed E-state index contributed by atoms with van der Waals surface area (Å²) >= 11 is 0. The Morgan fingerprint density at radius 1 is 1.03 bits per heavy atom. The number of hydrogen-bond donors (Lipinski definition) is 1. The molecule has 0 saturated carbocycles. The summed E-state index contributed by atoms with van der Waals surface area (Å²) in [6.45, 7) is 0. The number of nitrogens with zero attached hydrogens (tertiary/aromatic N) is 5. The number of aromatic nitrogens is 6. The van der Waals surface area contributed by atoms with Gasteiger partial charge in [0.05, 0.1) is 18.1 Å². The van der Waals surface area contributed by atoms with Crippen LogP contribution >= 0.6 is 0 Å². The van der Waals surface area contributed by atoms with Crippen LogP contribution in [0.3, 0.4) is 0 Å². The monoisotopic (exact) mass is 414 g/mol. The van der Waals surface area contributed by atoms with Crippen LogP contribution in [-0.2, 0) is 12.6 Å². The zero-order valence-corrected chi connectivity index (χ0v) is 15.4. The molecule has 0 aliphatic heterocycles. The van der Waals surface area contributed by atoms with E-state index in [0.29, 0.717) is 11.4 Å². The Hall–Kier alpha value is -3.56. The van der Waals surface area contributed by atoms with Gasteiger partial charge in [0.15, 0.2) is 5.69 Å². The Bertz CT molecular complexity index is 1230. The lowest BCUT2D eigenvalue weighted by molar-refractivity contribution is -0.140. The quantitative estimate of drug-likeness (QED) is 0.504. The normalized spacial score (nSPS) is 16.1. The summed E-state index contributed by atoms with van der Waals surface area (Å²) < 4.78 is 55.0. The van der Waals surface area contributed by atoms with Crippen molar-refractivity contribution in [3.63, 3.8) is 0 Å². The van der Waals surface area contributed by atoms with Gasteiger partial charge >= 0.3 is 6.18 Å². The molecule has 0 radical (unpaired) electrons. The molecular weight excluding hydrogens is 400 g/mol. The van der Waals surface area contributed by atoms with Crippen LogP contribution in [0.4, 0.5) is 17.6 Å². The second-order valence-electron chi connectivity index (χ2n) is 7.05. The standard InChI is InChI=1S/C20H14F4N6/c21-13-3-1-11-2-4-17(14(11)8-13)30-9-16(26-10-30)15-7-12(5-6-25-15)18-19(20(22,23)24)28-29-27-18/h1,3,5-10,17H,2,4H2,(H,27,28,29). The minimum Gasteiger partial charge on any atom is -0.329 e. The number of imidazole rings is 1. The SMILES string of the molecule is Fc1ccc2c(c1)C(n1cnc(-c3cc(-c4n[nH]nc4C(F)(F)F)ccn3)c1)CC2. The third-order valence-electron chi connectivity index (χ3n) is 5.23. The highest BCUT2D eigenvalue weighted by Gasteiger charge is 2.38. The van der Waals surface area contributed by atoms with Crippen molar-refractivity contribution in [1.29, 1.82) is 0 Å². The number of aromatic amines is 1. The van der Waals surface area contributed by atoms with Crippen LogP contribution in [0.25, 0.3) is 22.6 Å². The molecular formula is C20H14F4N6. The lowest BCUT2D eigenvalue weighted by Crippen LogP contribution is -2.07. The molecule has 1 N–H and O–H groups in total. The van der Waals surface area contributed by atoms with E-state index in [4.69, 9.17) is 0 Å². The maximum Gasteiger partial charge on any atom is 0.437 e. The zero-order chi connectivity index (χ0) is 20.9. The second kappa shape index (κ2) is 6.75. The first-order valence-electron chi connectivity index (χ1n) is 9.17. The molecule has 6 nitrogen and oxygen atoms in total. The van der Waals surface area contributed by atoms with E-state index < -0.39 is 11.9 Å². The van der Waals surface area contributed by atoms with Crippen molar-refractivity contribution >= 4 is 0 Å². The molecule has 0 bridgehead atoms. The molecule has 152 valence electrons. The molecule has 5 rings (SSSR count). The first-order valence-corrected chi connectivity index (χ1v) is 9.17. The summed E-state index contributed by atoms with van der Waals surface area (Å²) in [5, 5.41) is 8.89. The Balaban J connectivity index is 1.48. The predicted molar refractivity (Wildman–Crippen MR) is 98.7 cm³/mol. The lowest BCUT2D eigenvalue weighted by Gasteiger charge is -2.13. The van der Waals surface area contributed by atoms with Crippen LogP contribution < -0.4 is 0 Å². The Labute approximate surface area is 167 Å². The van der Waals surface area contributed by atoms with Gasteiger partial charge in [0, 0.05) is 18.0 Å². The predicted octanol–water partition coefficient (Wildman–Crippen LogP) is 4.42. The summed E-state index contributed by atoms with van der Waals surface area (Å²) in [6, 6.07) is 7.66. The highest BCUT2D eigenvalue weighted by atomic mass is 19.4. The summed E-state index contributed by atoms with van der Waals surface area (Å²) in [5.74, 6) is -0.288. The molecule has 1 aliphatic carbocycles. The van der Waals surface area contributed by atoms with Crippen LogP contribution in [-0.4, -0.2) is 29.9 Å². The van der Waals surface area contributed by atoms with Gasteiger partial charge < -0.3 is 4.57 Å². The average Bonchev–Trinajstić information content (AvgIpc) is 3.46. The number of nitrogens with one attached hydrogen (secondary N) is 1. The van der Waals surface area contributed by atoms with Gasteiger partial charge in [-0.05, 0) is 48.2 Å². The topological polar surface area (TPSA) is 72.3 Å². The van der Waals surface area contributed by atoms with Crippen molar-refractivity contribution in [2.75, 3.05) is 0 Å². The van der Waals surface area contributed by atoms with E-state index in [1.807, 2.05) is 9.78 Å². The van der Waals surface area contributed by atoms with Crippen LogP contribution in [0, 0.1) is 5.82 Å². The number of benzene rings is 1. The highest BCUT2D eigenvalue weighted by Crippen LogP contribution is 2.37. The fourth-order valence-electron chi connectivity index (χ4n) is 3.85. The van der Waals surface area contributed by atoms with Gasteiger partial charge in [-0.2, -0.15) is 28.6 Å². The Kier molecular flexibility index (Phi) is 4.16. The Morgan fingerprint density at radius 2 is 1.90 bits per heavy atom. The molecule has 1 unspecified atom stereocenters. The molecule has 0 amide bonds. The van der Waals surface area contributed by atoms with Crippen molar-refractivity contribution in [2.24, 2.45) is 0 Å². The number of aryl methyl sites for hydroxylation is 1. The van der Waals surface area contributed by atoms with E-state index in [-0.39, 0.29) is 23.1 Å². The summed E-state index contributed by atoms with van der Waals surface area (Å²) in [4.78, 5) is 8.59. The van der Waals surface area contributed by atoms with Crippen LogP contribution in [0.5, 0.6) is 0 Å². The maximum atomic E-state index is 13.7. The number of pyridine rings is 1. The van der Waals surface area contributed by atoms with Gasteiger partial charge in [0.1, 0.15) is 17.2 Å². The minimum absolute atomic E-state index is 0.0486. The van der Waals surface area contributed by atoms with Gasteiger partial charge in [-0.25, -0.2) is 9.37 Å². The molecule has 30 heavy (non-hydrogen) atoms. The van der Waals surface area contributed by atoms with E-state index in [1.165, 1.54) is 30.5 Å². The third-order valence-corrected chi connectivity index (χ3v) is 5.23. The van der Waals surface area contributed by atoms with Gasteiger partial charge in [0.2, 0.25) is 0 Å². The summed E-state index contributed by atoms with van der Waals surface area (Å²) in [7, 11) is 0. The highest BCUT2D eigenvalue weighted by molar-refractivity contribution is 5.67. The summed E-state index contributed by atoms with van der Waals surface area (Å²) in [6.07, 6.45) is 1.83. The number of fused-ring (bicyclic) bond motifs is 1. The minimum atomic E-state index is -4.63. The number of rotatable bonds is 3. The van der Waals surface area contributed by atoms with Crippen molar-refractivity contribution in [1.82, 2.24) is 29.9 Å². The largest absolute Gasteiger partial charge is 0.437 e. The summed E-state index contributed by atoms with van der Waals surface area (Å²) in [5.41, 5.74) is 1.75. The van der Waals surface area contributed by atoms with Gasteiger partial charge in [-0.3, -0.25) is 4.98 Å². The number of alkyl halides is 3. The number of H-pyrrole nitrogens is 1. The van der Waals surface area contributed by atoms with Crippen LogP contribution in [0.1, 0.15) is 29.3 Å². The van der Waals surface area contributed by atoms with Crippen LogP contribution in [0.2, 0.25) is 0 Å². The average molecular weight is 414 g/mol. The lowest BCUT2D eigenvalue weighted by atomic mass is 10.1. The van der Waals surface area contributed by atoms with E-state index in [1.54, 1.807) is 18.6 Å². The molecule has 1 aliphatic rings. The fourth-order valence-corrected chi connectivity index (χ4v) is 3.85. The van der Waals surface area contributed by atoms with E-state index >= 15 is 0 Å². The van der Waals surface area contributed by atoms with E-state index in [9.17, 15) is 17.6 Å². The molecule has 1 atom stereocenters. The first-order chi connectivity index (χ1) is 14.4. The second-order valence-corrected chi connectivity index (χ2v) is 7.05. The van der Waals surface area contributed by atoms with Gasteiger partial charge in [-0.15, -0.1) is 0 Å². The maximum absolute atomic E-state index is 13.7. The molecule has 10 heteroatoms. The van der Waals surface area contributed by atoms with Crippen molar-refractivity contribution in [2.45, 2.75) is 25.1 Å². The Morgan fingerprint density at radius 3 is 2.73 bits per heavy atom. The molecule has 0 saturated heterocycles. The molecule has 3 aromatic heterocycles. The van der Waals surface area contributed by atoms with Crippen molar-refractivity contribution in [3.05, 3.63) is 71.7 Å². The zero-order valence-electron chi connectivity index (χ0n) is 15.4. The van der Waals surface area contributed by atoms with E-state index in [0.717, 1.165) is 24.0 Å². The third kappa shape index (κ3) is 3.14. The smallest absolute Gasteiger partial charge is 0.329 e. The fraction of sp³-hybridized carbons (Fsp3) is 0.200. The molecule has 4 aromatic rings.